The Morgan fingerprint density at radius 1 is 0.946 bits per heavy atom. The summed E-state index contributed by atoms with van der Waals surface area (Å²) >= 11 is 0. The van der Waals surface area contributed by atoms with E-state index in [0.29, 0.717) is 18.0 Å². The van der Waals surface area contributed by atoms with Crippen molar-refractivity contribution in [3.63, 3.8) is 0 Å². The van der Waals surface area contributed by atoms with E-state index in [1.165, 1.54) is 43.2 Å². The van der Waals surface area contributed by atoms with Crippen molar-refractivity contribution in [1.29, 1.82) is 0 Å². The summed E-state index contributed by atoms with van der Waals surface area (Å²) in [6.07, 6.45) is 7.00. The maximum atomic E-state index is 12.6. The van der Waals surface area contributed by atoms with Crippen LogP contribution in [0.2, 0.25) is 0 Å². The largest absolute Gasteiger partial charge is 0.385 e. The predicted octanol–water partition coefficient (Wildman–Crippen LogP) is 6.44. The Morgan fingerprint density at radius 3 is 2.41 bits per heavy atom. The van der Waals surface area contributed by atoms with Gasteiger partial charge in [0.1, 0.15) is 0 Å². The van der Waals surface area contributed by atoms with Crippen molar-refractivity contribution in [1.82, 2.24) is 9.29 Å². The van der Waals surface area contributed by atoms with Crippen molar-refractivity contribution in [3.05, 3.63) is 96.2 Å². The molecule has 4 aromatic rings. The molecule has 0 aliphatic rings. The van der Waals surface area contributed by atoms with Gasteiger partial charge in [-0.3, -0.25) is 4.79 Å². The van der Waals surface area contributed by atoms with E-state index in [1.807, 2.05) is 12.1 Å². The average molecular weight is 518 g/mol. The molecule has 7 heteroatoms. The van der Waals surface area contributed by atoms with E-state index in [1.54, 1.807) is 30.3 Å². The quantitative estimate of drug-likeness (QED) is 0.227. The van der Waals surface area contributed by atoms with E-state index in [2.05, 4.69) is 58.9 Å². The van der Waals surface area contributed by atoms with Gasteiger partial charge in [0, 0.05) is 30.5 Å². The highest BCUT2D eigenvalue weighted by molar-refractivity contribution is 7.90. The molecule has 2 N–H and O–H groups in total. The first-order chi connectivity index (χ1) is 17.9. The molecule has 4 rings (SSSR count). The number of hydrogen-bond acceptors (Lipinski definition) is 4. The van der Waals surface area contributed by atoms with Crippen LogP contribution in [0.4, 0.5) is 5.69 Å². The van der Waals surface area contributed by atoms with Crippen LogP contribution in [0.3, 0.4) is 0 Å². The highest BCUT2D eigenvalue weighted by Gasteiger charge is 2.18. The van der Waals surface area contributed by atoms with Crippen molar-refractivity contribution in [3.8, 4) is 0 Å². The van der Waals surface area contributed by atoms with Crippen LogP contribution in [0.25, 0.3) is 10.9 Å². The van der Waals surface area contributed by atoms with Crippen LogP contribution in [0, 0.1) is 5.92 Å². The Kier molecular flexibility index (Phi) is 8.66. The van der Waals surface area contributed by atoms with Crippen molar-refractivity contribution in [2.24, 2.45) is 5.92 Å². The molecule has 0 fully saturated rings. The zero-order valence-electron chi connectivity index (χ0n) is 21.5. The predicted molar refractivity (Wildman–Crippen MR) is 150 cm³/mol. The van der Waals surface area contributed by atoms with Gasteiger partial charge in [-0.25, -0.2) is 13.1 Å². The first-order valence-electron chi connectivity index (χ1n) is 12.9. The molecule has 194 valence electrons. The summed E-state index contributed by atoms with van der Waals surface area (Å²) in [5.74, 6) is 0.0303. The number of sulfonamides is 1. The SMILES string of the molecule is CCCCC(CC)CNc1ccc2ccn(Cc3ccc(C(=O)NS(=O)(=O)c4ccccc4)cc3)c2c1. The molecule has 0 spiro atoms. The molecular weight excluding hydrogens is 482 g/mol. The van der Waals surface area contributed by atoms with Gasteiger partial charge in [0.2, 0.25) is 0 Å². The second-order valence-electron chi connectivity index (χ2n) is 9.46. The Balaban J connectivity index is 1.42. The third-order valence-corrected chi connectivity index (χ3v) is 8.11. The highest BCUT2D eigenvalue weighted by atomic mass is 32.2. The normalized spacial score (nSPS) is 12.4. The Morgan fingerprint density at radius 2 is 1.70 bits per heavy atom. The number of hydrogen-bond donors (Lipinski definition) is 2. The molecule has 1 heterocycles. The fourth-order valence-electron chi connectivity index (χ4n) is 4.44. The minimum Gasteiger partial charge on any atom is -0.385 e. The van der Waals surface area contributed by atoms with Crippen LogP contribution in [-0.4, -0.2) is 25.4 Å². The number of aromatic nitrogens is 1. The van der Waals surface area contributed by atoms with Gasteiger partial charge in [0.15, 0.2) is 0 Å². The van der Waals surface area contributed by atoms with Crippen LogP contribution in [0.5, 0.6) is 0 Å². The molecule has 0 radical (unpaired) electrons. The minimum atomic E-state index is -3.91. The Hall–Kier alpha value is -3.58. The number of fused-ring (bicyclic) bond motifs is 1. The Labute approximate surface area is 219 Å². The number of rotatable bonds is 12. The number of carbonyl (C=O) groups is 1. The number of anilines is 1. The monoisotopic (exact) mass is 517 g/mol. The number of benzene rings is 3. The van der Waals surface area contributed by atoms with Crippen LogP contribution in [0.15, 0.2) is 90.0 Å². The van der Waals surface area contributed by atoms with Gasteiger partial charge in [-0.2, -0.15) is 0 Å². The molecule has 0 saturated carbocycles. The lowest BCUT2D eigenvalue weighted by atomic mass is 9.99. The average Bonchev–Trinajstić information content (AvgIpc) is 3.31. The third kappa shape index (κ3) is 6.80. The summed E-state index contributed by atoms with van der Waals surface area (Å²) in [6.45, 7) is 6.12. The number of carbonyl (C=O) groups excluding carboxylic acids is 1. The molecule has 3 aromatic carbocycles. The summed E-state index contributed by atoms with van der Waals surface area (Å²) in [6, 6.07) is 23.5. The Bertz CT molecular complexity index is 1430. The first-order valence-corrected chi connectivity index (χ1v) is 14.4. The molecule has 0 aliphatic heterocycles. The summed E-state index contributed by atoms with van der Waals surface area (Å²) in [5.41, 5.74) is 3.57. The van der Waals surface area contributed by atoms with Crippen LogP contribution in [-0.2, 0) is 16.6 Å². The van der Waals surface area contributed by atoms with Gasteiger partial charge < -0.3 is 9.88 Å². The molecule has 1 atom stereocenters. The second-order valence-corrected chi connectivity index (χ2v) is 11.1. The van der Waals surface area contributed by atoms with Gasteiger partial charge in [-0.05, 0) is 65.8 Å². The lowest BCUT2D eigenvalue weighted by molar-refractivity contribution is 0.0981. The summed E-state index contributed by atoms with van der Waals surface area (Å²) in [5, 5.41) is 4.79. The van der Waals surface area contributed by atoms with Crippen molar-refractivity contribution < 1.29 is 13.2 Å². The topological polar surface area (TPSA) is 80.2 Å². The lowest BCUT2D eigenvalue weighted by Gasteiger charge is -2.16. The van der Waals surface area contributed by atoms with E-state index in [0.717, 1.165) is 23.3 Å². The van der Waals surface area contributed by atoms with Crippen molar-refractivity contribution in [2.45, 2.75) is 51.0 Å². The van der Waals surface area contributed by atoms with Crippen molar-refractivity contribution in [2.75, 3.05) is 11.9 Å². The summed E-state index contributed by atoms with van der Waals surface area (Å²) < 4.78 is 29.2. The van der Waals surface area contributed by atoms with E-state index >= 15 is 0 Å². The number of amides is 1. The van der Waals surface area contributed by atoms with E-state index in [4.69, 9.17) is 0 Å². The maximum absolute atomic E-state index is 12.6. The van der Waals surface area contributed by atoms with Gasteiger partial charge in [-0.15, -0.1) is 0 Å². The molecule has 0 saturated heterocycles. The molecule has 1 amide bonds. The fourth-order valence-corrected chi connectivity index (χ4v) is 5.43. The number of nitrogens with one attached hydrogen (secondary N) is 2. The molecule has 1 unspecified atom stereocenters. The first kappa shape index (κ1) is 26.5. The van der Waals surface area contributed by atoms with Crippen LogP contribution >= 0.6 is 0 Å². The minimum absolute atomic E-state index is 0.0551. The molecular formula is C30H35N3O3S. The van der Waals surface area contributed by atoms with E-state index in [-0.39, 0.29) is 4.90 Å². The zero-order chi connectivity index (χ0) is 26.3. The van der Waals surface area contributed by atoms with Gasteiger partial charge >= 0.3 is 0 Å². The van der Waals surface area contributed by atoms with E-state index < -0.39 is 15.9 Å². The second kappa shape index (κ2) is 12.1. The van der Waals surface area contributed by atoms with Crippen LogP contribution < -0.4 is 10.0 Å². The molecule has 6 nitrogen and oxygen atoms in total. The smallest absolute Gasteiger partial charge is 0.264 e. The molecule has 1 aromatic heterocycles. The third-order valence-electron chi connectivity index (χ3n) is 6.76. The molecule has 0 bridgehead atoms. The van der Waals surface area contributed by atoms with Crippen molar-refractivity contribution >= 4 is 32.5 Å². The standard InChI is InChI=1S/C30H35N3O3S/c1-3-5-9-23(4-2)21-31-27-17-16-25-18-19-33(29(25)20-27)22-24-12-14-26(15-13-24)30(34)32-37(35,36)28-10-7-6-8-11-28/h6-8,10-20,23,31H,3-5,9,21-22H2,1-2H3,(H,32,34). The highest BCUT2D eigenvalue weighted by Crippen LogP contribution is 2.23. The zero-order valence-corrected chi connectivity index (χ0v) is 22.3. The number of nitrogens with zero attached hydrogens (tertiary/aromatic N) is 1. The summed E-state index contributed by atoms with van der Waals surface area (Å²) in [4.78, 5) is 12.6. The van der Waals surface area contributed by atoms with Gasteiger partial charge in [0.25, 0.3) is 15.9 Å². The number of unbranched alkanes of at least 4 members (excludes halogenated alkanes) is 1. The van der Waals surface area contributed by atoms with Crippen LogP contribution in [0.1, 0.15) is 55.5 Å². The summed E-state index contributed by atoms with van der Waals surface area (Å²) in [7, 11) is -3.91. The lowest BCUT2D eigenvalue weighted by Crippen LogP contribution is -2.30. The fraction of sp³-hybridized carbons (Fsp3) is 0.300. The van der Waals surface area contributed by atoms with Gasteiger partial charge in [-0.1, -0.05) is 69.5 Å². The maximum Gasteiger partial charge on any atom is 0.264 e. The molecule has 37 heavy (non-hydrogen) atoms. The van der Waals surface area contributed by atoms with Gasteiger partial charge in [0.05, 0.1) is 10.4 Å². The molecule has 0 aliphatic carbocycles. The van der Waals surface area contributed by atoms with E-state index in [9.17, 15) is 13.2 Å².